The Morgan fingerprint density at radius 2 is 1.44 bits per heavy atom. The van der Waals surface area contributed by atoms with E-state index in [2.05, 4.69) is 50.5 Å². The molecule has 0 unspecified atom stereocenters. The first-order valence-electron chi connectivity index (χ1n) is 4.12. The van der Waals surface area contributed by atoms with Gasteiger partial charge in [0.25, 0.3) is 0 Å². The second kappa shape index (κ2) is 7.81. The fourth-order valence-corrected chi connectivity index (χ4v) is 1.02. The summed E-state index contributed by atoms with van der Waals surface area (Å²) in [6, 6.07) is 11.1. The molecule has 1 aromatic carbocycles. The fourth-order valence-electron chi connectivity index (χ4n) is 0.560. The predicted octanol–water partition coefficient (Wildman–Crippen LogP) is 2.90. The number of thiol groups is 4. The van der Waals surface area contributed by atoms with Gasteiger partial charge in [-0.25, -0.2) is 0 Å². The van der Waals surface area contributed by atoms with E-state index in [9.17, 15) is 0 Å². The summed E-state index contributed by atoms with van der Waals surface area (Å²) in [7, 11) is 0. The highest BCUT2D eigenvalue weighted by Crippen LogP contribution is 2.15. The van der Waals surface area contributed by atoms with Crippen LogP contribution in [-0.2, 0) is 0 Å². The van der Waals surface area contributed by atoms with Gasteiger partial charge in [-0.05, 0) is 12.1 Å². The van der Waals surface area contributed by atoms with Crippen LogP contribution in [0.2, 0.25) is 0 Å². The molecular weight excluding hydrogens is 276 g/mol. The smallest absolute Gasteiger partial charge is 0.194 e. The van der Waals surface area contributed by atoms with E-state index in [1.165, 1.54) is 0 Å². The van der Waals surface area contributed by atoms with E-state index in [1.807, 2.05) is 24.3 Å². The van der Waals surface area contributed by atoms with E-state index in [-0.39, 0.29) is 5.75 Å². The summed E-state index contributed by atoms with van der Waals surface area (Å²) in [6.07, 6.45) is 0. The Hall–Kier alpha value is -0.400. The number of hydrogen-bond acceptors (Lipinski definition) is 6. The molecule has 0 bridgehead atoms. The summed E-state index contributed by atoms with van der Waals surface area (Å²) in [4.78, 5) is 1.85. The third-order valence-electron chi connectivity index (χ3n) is 1.48. The molecule has 6 heteroatoms. The van der Waals surface area contributed by atoms with Crippen LogP contribution in [0, 0.1) is 22.7 Å². The first-order valence-corrected chi connectivity index (χ1v) is 6.09. The van der Waals surface area contributed by atoms with Crippen molar-refractivity contribution >= 4 is 50.5 Å². The molecule has 0 fully saturated rings. The average molecular weight is 286 g/mol. The van der Waals surface area contributed by atoms with Crippen molar-refractivity contribution in [1.29, 1.82) is 10.5 Å². The van der Waals surface area contributed by atoms with Gasteiger partial charge in [0, 0.05) is 15.5 Å². The van der Waals surface area contributed by atoms with E-state index in [4.69, 9.17) is 10.5 Å². The Balaban J connectivity index is 0.000000281. The van der Waals surface area contributed by atoms with Crippen LogP contribution in [0.4, 0.5) is 0 Å². The molecule has 16 heavy (non-hydrogen) atoms. The van der Waals surface area contributed by atoms with Gasteiger partial charge in [0.1, 0.15) is 0 Å². The van der Waals surface area contributed by atoms with Gasteiger partial charge in [-0.3, -0.25) is 0 Å². The van der Waals surface area contributed by atoms with Crippen LogP contribution >= 0.6 is 50.5 Å². The molecule has 0 N–H and O–H groups in total. The molecule has 0 heterocycles. The van der Waals surface area contributed by atoms with Gasteiger partial charge in [-0.15, -0.1) is 37.9 Å². The van der Waals surface area contributed by atoms with Gasteiger partial charge in [0.2, 0.25) is 0 Å². The van der Waals surface area contributed by atoms with Crippen molar-refractivity contribution in [1.82, 2.24) is 0 Å². The molecule has 0 spiro atoms. The van der Waals surface area contributed by atoms with Crippen LogP contribution in [-0.4, -0.2) is 10.5 Å². The maximum absolute atomic E-state index is 8.19. The molecule has 2 nitrogen and oxygen atoms in total. The fraction of sp³-hybridized carbons (Fsp3) is 0.200. The van der Waals surface area contributed by atoms with Gasteiger partial charge in [-0.2, -0.15) is 23.2 Å². The molecule has 0 saturated carbocycles. The van der Waals surface area contributed by atoms with Crippen LogP contribution in [0.3, 0.4) is 0 Å². The molecule has 0 saturated heterocycles. The Morgan fingerprint density at radius 3 is 1.56 bits per heavy atom. The Morgan fingerprint density at radius 1 is 1.06 bits per heavy atom. The standard InChI is InChI=1S/C6H6S2.C4H4N2S2/c7-5-3-1-2-4-6(5)8;5-1-4(8,2-6)3-7/h1-4,7-8H;7-8H,3H2. The van der Waals surface area contributed by atoms with Crippen LogP contribution < -0.4 is 0 Å². The van der Waals surface area contributed by atoms with Crippen molar-refractivity contribution in [2.24, 2.45) is 0 Å². The predicted molar refractivity (Wildman–Crippen MR) is 77.7 cm³/mol. The van der Waals surface area contributed by atoms with Crippen molar-refractivity contribution in [3.63, 3.8) is 0 Å². The number of rotatable bonds is 1. The molecule has 0 radical (unpaired) electrons. The highest BCUT2D eigenvalue weighted by Gasteiger charge is 2.21. The molecular formula is C10H10N2S4. The zero-order valence-corrected chi connectivity index (χ0v) is 11.8. The Labute approximate surface area is 117 Å². The number of hydrogen-bond donors (Lipinski definition) is 4. The third-order valence-corrected chi connectivity index (χ3v) is 3.52. The summed E-state index contributed by atoms with van der Waals surface area (Å²) in [5.41, 5.74) is 0. The highest BCUT2D eigenvalue weighted by atomic mass is 32.1. The molecule has 0 aliphatic rings. The minimum atomic E-state index is -1.21. The molecule has 0 atom stereocenters. The maximum Gasteiger partial charge on any atom is 0.194 e. The summed E-state index contributed by atoms with van der Waals surface area (Å²) in [5.74, 6) is 0.156. The van der Waals surface area contributed by atoms with Gasteiger partial charge >= 0.3 is 0 Å². The zero-order valence-electron chi connectivity index (χ0n) is 8.20. The number of nitriles is 2. The molecule has 1 rings (SSSR count). The number of benzene rings is 1. The van der Waals surface area contributed by atoms with Crippen molar-refractivity contribution in [2.75, 3.05) is 5.75 Å². The van der Waals surface area contributed by atoms with Crippen LogP contribution in [0.25, 0.3) is 0 Å². The molecule has 0 aliphatic heterocycles. The van der Waals surface area contributed by atoms with E-state index in [0.717, 1.165) is 9.79 Å². The monoisotopic (exact) mass is 286 g/mol. The highest BCUT2D eigenvalue weighted by molar-refractivity contribution is 7.85. The SMILES string of the molecule is N#CC(S)(C#N)CS.Sc1ccccc1S. The summed E-state index contributed by atoms with van der Waals surface area (Å²) in [5, 5.41) is 16.4. The Kier molecular flexibility index (Phi) is 7.61. The second-order valence-corrected chi connectivity index (χ2v) is 4.77. The zero-order chi connectivity index (χ0) is 12.6. The van der Waals surface area contributed by atoms with E-state index >= 15 is 0 Å². The topological polar surface area (TPSA) is 47.6 Å². The minimum absolute atomic E-state index is 0.156. The first kappa shape index (κ1) is 15.6. The lowest BCUT2D eigenvalue weighted by molar-refractivity contribution is 1.07. The third kappa shape index (κ3) is 5.62. The van der Waals surface area contributed by atoms with Crippen LogP contribution in [0.1, 0.15) is 0 Å². The van der Waals surface area contributed by atoms with Crippen LogP contribution in [0.5, 0.6) is 0 Å². The van der Waals surface area contributed by atoms with Crippen molar-refractivity contribution in [2.45, 2.75) is 14.5 Å². The summed E-state index contributed by atoms with van der Waals surface area (Å²) < 4.78 is -1.21. The van der Waals surface area contributed by atoms with Gasteiger partial charge in [-0.1, -0.05) is 12.1 Å². The number of nitrogens with zero attached hydrogens (tertiary/aromatic N) is 2. The van der Waals surface area contributed by atoms with Crippen molar-refractivity contribution in [3.8, 4) is 12.1 Å². The lowest BCUT2D eigenvalue weighted by Crippen LogP contribution is -2.17. The van der Waals surface area contributed by atoms with Crippen LogP contribution in [0.15, 0.2) is 34.1 Å². The first-order chi connectivity index (χ1) is 7.49. The molecule has 1 aromatic rings. The Bertz CT molecular complexity index is 385. The minimum Gasteiger partial charge on any atom is -0.196 e. The summed E-state index contributed by atoms with van der Waals surface area (Å²) in [6.45, 7) is 0. The van der Waals surface area contributed by atoms with E-state index in [1.54, 1.807) is 12.1 Å². The summed E-state index contributed by atoms with van der Waals surface area (Å²) >= 11 is 15.7. The normalized spacial score (nSPS) is 9.38. The molecule has 84 valence electrons. The van der Waals surface area contributed by atoms with Crippen molar-refractivity contribution in [3.05, 3.63) is 24.3 Å². The quantitative estimate of drug-likeness (QED) is 0.600. The van der Waals surface area contributed by atoms with Crippen molar-refractivity contribution < 1.29 is 0 Å². The van der Waals surface area contributed by atoms with Gasteiger partial charge in [0.15, 0.2) is 4.75 Å². The largest absolute Gasteiger partial charge is 0.196 e. The molecule has 0 aromatic heterocycles. The lowest BCUT2D eigenvalue weighted by Gasteiger charge is -2.02. The van der Waals surface area contributed by atoms with E-state index in [0.29, 0.717) is 0 Å². The molecule has 0 amide bonds. The van der Waals surface area contributed by atoms with E-state index < -0.39 is 4.75 Å². The second-order valence-electron chi connectivity index (χ2n) is 2.73. The van der Waals surface area contributed by atoms with Gasteiger partial charge in [0.05, 0.1) is 12.1 Å². The molecule has 0 aliphatic carbocycles. The van der Waals surface area contributed by atoms with Gasteiger partial charge < -0.3 is 0 Å². The maximum atomic E-state index is 8.19. The average Bonchev–Trinajstić information content (AvgIpc) is 2.33. The lowest BCUT2D eigenvalue weighted by atomic mass is 10.2.